The molecule has 0 saturated heterocycles. The summed E-state index contributed by atoms with van der Waals surface area (Å²) in [6, 6.07) is 8.82. The number of nitrogens with one attached hydrogen (secondary N) is 1. The van der Waals surface area contributed by atoms with Gasteiger partial charge in [-0.05, 0) is 61.0 Å². The van der Waals surface area contributed by atoms with Gasteiger partial charge in [-0.15, -0.1) is 11.6 Å². The molecule has 2 unspecified atom stereocenters. The van der Waals surface area contributed by atoms with Crippen molar-refractivity contribution in [2.75, 3.05) is 31.6 Å². The van der Waals surface area contributed by atoms with Crippen LogP contribution in [0.2, 0.25) is 0 Å². The Balaban J connectivity index is 1.84. The highest BCUT2D eigenvalue weighted by Crippen LogP contribution is 2.43. The van der Waals surface area contributed by atoms with Crippen LogP contribution in [0.4, 0.5) is 5.69 Å². The van der Waals surface area contributed by atoms with Crippen LogP contribution in [0.15, 0.2) is 59.0 Å². The number of methoxy groups -OCH3 is 1. The van der Waals surface area contributed by atoms with E-state index in [1.807, 2.05) is 0 Å². The number of fused-ring (bicyclic) bond motifs is 1. The van der Waals surface area contributed by atoms with Gasteiger partial charge in [0.15, 0.2) is 0 Å². The largest absolute Gasteiger partial charge is 0.385 e. The molecule has 1 heterocycles. The number of ether oxygens (including phenoxy) is 1. The van der Waals surface area contributed by atoms with Crippen molar-refractivity contribution in [3.05, 3.63) is 64.6 Å². The van der Waals surface area contributed by atoms with Crippen LogP contribution in [-0.2, 0) is 4.74 Å². The zero-order chi connectivity index (χ0) is 18.4. The fraction of sp³-hybridized carbons (Fsp3) is 0.429. The van der Waals surface area contributed by atoms with E-state index in [1.54, 1.807) is 19.1 Å². The van der Waals surface area contributed by atoms with Crippen molar-refractivity contribution in [2.45, 2.75) is 30.7 Å². The lowest BCUT2D eigenvalue weighted by molar-refractivity contribution is 0.192. The molecule has 1 aliphatic heterocycles. The minimum atomic E-state index is -0.0576. The predicted molar refractivity (Wildman–Crippen MR) is 114 cm³/mol. The highest BCUT2D eigenvalue weighted by atomic mass is 35.5. The van der Waals surface area contributed by atoms with Gasteiger partial charge in [0, 0.05) is 25.7 Å². The average Bonchev–Trinajstić information content (AvgIpc) is 2.89. The molecule has 0 spiro atoms. The Hall–Kier alpha value is -1.20. The van der Waals surface area contributed by atoms with Gasteiger partial charge < -0.3 is 14.4 Å². The fourth-order valence-electron chi connectivity index (χ4n) is 3.34. The number of rotatable bonds is 7. The Bertz CT molecular complexity index is 701. The molecule has 1 aliphatic carbocycles. The van der Waals surface area contributed by atoms with Crippen molar-refractivity contribution < 1.29 is 4.74 Å². The number of nitrogens with zero attached hydrogens (tertiary/aromatic N) is 1. The van der Waals surface area contributed by atoms with E-state index in [4.69, 9.17) is 16.3 Å². The molecule has 0 aromatic heterocycles. The molecule has 0 fully saturated rings. The lowest BCUT2D eigenvalue weighted by atomic mass is 9.96. The lowest BCUT2D eigenvalue weighted by Gasteiger charge is -2.23. The monoisotopic (exact) mass is 390 g/mol. The van der Waals surface area contributed by atoms with Gasteiger partial charge in [0.05, 0.1) is 17.1 Å². The summed E-state index contributed by atoms with van der Waals surface area (Å²) in [4.78, 5) is 1.25. The van der Waals surface area contributed by atoms with Crippen molar-refractivity contribution in [2.24, 2.45) is 0 Å². The van der Waals surface area contributed by atoms with E-state index >= 15 is 0 Å². The van der Waals surface area contributed by atoms with E-state index in [2.05, 4.69) is 65.2 Å². The van der Waals surface area contributed by atoms with Crippen LogP contribution in [0.1, 0.15) is 30.9 Å². The molecule has 0 bridgehead atoms. The number of halogens is 1. The van der Waals surface area contributed by atoms with E-state index in [0.717, 1.165) is 26.0 Å². The van der Waals surface area contributed by atoms with Crippen LogP contribution in [0, 0.1) is 0 Å². The van der Waals surface area contributed by atoms with Crippen LogP contribution in [0.5, 0.6) is 0 Å². The third kappa shape index (κ3) is 4.74. The van der Waals surface area contributed by atoms with Crippen LogP contribution >= 0.6 is 23.5 Å². The maximum Gasteiger partial charge on any atom is 0.0703 e. The standard InChI is InChI=1S/C21H27ClN2OS/c1-24-19-9-5-4-8-17(19)21(23-14-6-3-7-15-25-2)18-12-10-16(22)11-13-20(18)26-24/h4-5,8-13,16,21,23H,3,6-7,14-15H2,1-2H3. The van der Waals surface area contributed by atoms with Gasteiger partial charge in [-0.25, -0.2) is 0 Å². The van der Waals surface area contributed by atoms with Gasteiger partial charge in [0.25, 0.3) is 0 Å². The van der Waals surface area contributed by atoms with Crippen molar-refractivity contribution in [3.8, 4) is 0 Å². The summed E-state index contributed by atoms with van der Waals surface area (Å²) in [5, 5.41) is 3.73. The summed E-state index contributed by atoms with van der Waals surface area (Å²) in [6.45, 7) is 1.82. The predicted octanol–water partition coefficient (Wildman–Crippen LogP) is 5.22. The fourth-order valence-corrected chi connectivity index (χ4v) is 4.47. The van der Waals surface area contributed by atoms with E-state index in [0.29, 0.717) is 0 Å². The first-order chi connectivity index (χ1) is 12.7. The summed E-state index contributed by atoms with van der Waals surface area (Å²) in [5.41, 5.74) is 3.87. The summed E-state index contributed by atoms with van der Waals surface area (Å²) < 4.78 is 7.39. The van der Waals surface area contributed by atoms with E-state index < -0.39 is 0 Å². The summed E-state index contributed by atoms with van der Waals surface area (Å²) in [5.74, 6) is 0. The normalized spacial score (nSPS) is 22.0. The second-order valence-corrected chi connectivity index (χ2v) is 8.24. The summed E-state index contributed by atoms with van der Waals surface area (Å²) in [7, 11) is 3.89. The van der Waals surface area contributed by atoms with Gasteiger partial charge in [0.1, 0.15) is 0 Å². The summed E-state index contributed by atoms with van der Waals surface area (Å²) >= 11 is 8.09. The zero-order valence-corrected chi connectivity index (χ0v) is 17.0. The molecule has 0 saturated carbocycles. The van der Waals surface area contributed by atoms with Gasteiger partial charge >= 0.3 is 0 Å². The SMILES string of the molecule is COCCCCCNC1C2=C(C=CC(Cl)C=C2)SN(C)c2ccccc21. The third-order valence-electron chi connectivity index (χ3n) is 4.68. The minimum absolute atomic E-state index is 0.0576. The number of hydrogen-bond acceptors (Lipinski definition) is 4. The number of allylic oxidation sites excluding steroid dienone is 3. The van der Waals surface area contributed by atoms with Crippen LogP contribution in [-0.4, -0.2) is 32.7 Å². The molecule has 1 aromatic rings. The van der Waals surface area contributed by atoms with Crippen molar-refractivity contribution in [1.29, 1.82) is 0 Å². The zero-order valence-electron chi connectivity index (χ0n) is 15.5. The molecule has 1 N–H and O–H groups in total. The quantitative estimate of drug-likeness (QED) is 0.392. The van der Waals surface area contributed by atoms with E-state index in [9.17, 15) is 0 Å². The first-order valence-electron chi connectivity index (χ1n) is 9.18. The Morgan fingerprint density at radius 3 is 2.81 bits per heavy atom. The number of hydrogen-bond donors (Lipinski definition) is 1. The molecule has 5 heteroatoms. The summed E-state index contributed by atoms with van der Waals surface area (Å²) in [6.07, 6.45) is 11.9. The van der Waals surface area contributed by atoms with Crippen LogP contribution in [0.25, 0.3) is 0 Å². The molecule has 3 rings (SSSR count). The van der Waals surface area contributed by atoms with Crippen molar-refractivity contribution in [1.82, 2.24) is 5.32 Å². The maximum atomic E-state index is 6.33. The molecule has 0 amide bonds. The number of benzene rings is 1. The molecular formula is C21H27ClN2OS. The van der Waals surface area contributed by atoms with Crippen molar-refractivity contribution in [3.63, 3.8) is 0 Å². The molecule has 140 valence electrons. The second-order valence-electron chi connectivity index (χ2n) is 6.57. The number of para-hydroxylation sites is 1. The highest BCUT2D eigenvalue weighted by molar-refractivity contribution is 8.04. The smallest absolute Gasteiger partial charge is 0.0703 e. The van der Waals surface area contributed by atoms with Crippen molar-refractivity contribution >= 4 is 29.2 Å². The number of unbranched alkanes of at least 4 members (excludes halogenated alkanes) is 2. The minimum Gasteiger partial charge on any atom is -0.385 e. The van der Waals surface area contributed by atoms with Gasteiger partial charge in [-0.3, -0.25) is 0 Å². The Kier molecular flexibility index (Phi) is 7.26. The molecule has 0 radical (unpaired) electrons. The van der Waals surface area contributed by atoms with Gasteiger partial charge in [-0.2, -0.15) is 0 Å². The Morgan fingerprint density at radius 2 is 1.96 bits per heavy atom. The molecule has 2 aliphatic rings. The Labute approximate surface area is 166 Å². The number of alkyl halides is 1. The third-order valence-corrected chi connectivity index (χ3v) is 6.01. The number of anilines is 1. The maximum absolute atomic E-state index is 6.33. The van der Waals surface area contributed by atoms with Gasteiger partial charge in [0.2, 0.25) is 0 Å². The van der Waals surface area contributed by atoms with Crippen LogP contribution in [0.3, 0.4) is 0 Å². The average molecular weight is 391 g/mol. The first kappa shape index (κ1) is 19.6. The molecule has 1 aromatic carbocycles. The topological polar surface area (TPSA) is 24.5 Å². The first-order valence-corrected chi connectivity index (χ1v) is 10.4. The molecule has 2 atom stereocenters. The highest BCUT2D eigenvalue weighted by Gasteiger charge is 2.27. The lowest BCUT2D eigenvalue weighted by Crippen LogP contribution is -2.24. The second kappa shape index (κ2) is 9.65. The van der Waals surface area contributed by atoms with E-state index in [1.165, 1.54) is 28.1 Å². The van der Waals surface area contributed by atoms with Gasteiger partial charge in [-0.1, -0.05) is 36.4 Å². The molecular weight excluding hydrogens is 364 g/mol. The van der Waals surface area contributed by atoms with E-state index in [-0.39, 0.29) is 11.4 Å². The molecule has 3 nitrogen and oxygen atoms in total. The Morgan fingerprint density at radius 1 is 1.15 bits per heavy atom. The van der Waals surface area contributed by atoms with Crippen LogP contribution < -0.4 is 9.62 Å². The molecule has 26 heavy (non-hydrogen) atoms.